The zero-order chi connectivity index (χ0) is 14.6. The molecule has 0 radical (unpaired) electrons. The van der Waals surface area contributed by atoms with Crippen LogP contribution in [0.1, 0.15) is 12.5 Å². The first kappa shape index (κ1) is 14.9. The SMILES string of the molecule is CC(CO)S(=O)(=O)NCCc1cccc2cccnc12. The molecule has 0 saturated carbocycles. The third-order valence-corrected chi connectivity index (χ3v) is 5.02. The highest BCUT2D eigenvalue weighted by molar-refractivity contribution is 7.90. The van der Waals surface area contributed by atoms with Gasteiger partial charge in [0.1, 0.15) is 0 Å². The summed E-state index contributed by atoms with van der Waals surface area (Å²) in [4.78, 5) is 4.33. The fourth-order valence-electron chi connectivity index (χ4n) is 1.94. The fourth-order valence-corrected chi connectivity index (χ4v) is 2.80. The van der Waals surface area contributed by atoms with Crippen molar-refractivity contribution in [3.05, 3.63) is 42.1 Å². The second kappa shape index (κ2) is 6.30. The van der Waals surface area contributed by atoms with Crippen LogP contribution in [0.3, 0.4) is 0 Å². The van der Waals surface area contributed by atoms with Gasteiger partial charge < -0.3 is 5.11 Å². The van der Waals surface area contributed by atoms with Crippen molar-refractivity contribution < 1.29 is 13.5 Å². The lowest BCUT2D eigenvalue weighted by Crippen LogP contribution is -2.35. The highest BCUT2D eigenvalue weighted by atomic mass is 32.2. The highest BCUT2D eigenvalue weighted by Crippen LogP contribution is 2.16. The molecule has 0 aliphatic rings. The van der Waals surface area contributed by atoms with Crippen molar-refractivity contribution in [3.8, 4) is 0 Å². The van der Waals surface area contributed by atoms with Gasteiger partial charge in [-0.1, -0.05) is 24.3 Å². The molecule has 1 heterocycles. The van der Waals surface area contributed by atoms with E-state index in [0.717, 1.165) is 16.5 Å². The van der Waals surface area contributed by atoms with Crippen LogP contribution in [0.25, 0.3) is 10.9 Å². The number of rotatable bonds is 6. The van der Waals surface area contributed by atoms with Crippen LogP contribution in [-0.4, -0.2) is 36.9 Å². The first-order valence-electron chi connectivity index (χ1n) is 6.46. The first-order chi connectivity index (χ1) is 9.54. The zero-order valence-electron chi connectivity index (χ0n) is 11.3. The summed E-state index contributed by atoms with van der Waals surface area (Å²) in [5.74, 6) is 0. The summed E-state index contributed by atoms with van der Waals surface area (Å²) in [6.07, 6.45) is 2.29. The molecule has 0 bridgehead atoms. The molecule has 20 heavy (non-hydrogen) atoms. The van der Waals surface area contributed by atoms with Gasteiger partial charge in [0, 0.05) is 18.1 Å². The number of para-hydroxylation sites is 1. The van der Waals surface area contributed by atoms with Gasteiger partial charge in [-0.05, 0) is 25.0 Å². The Hall–Kier alpha value is -1.50. The summed E-state index contributed by atoms with van der Waals surface area (Å²) in [5.41, 5.74) is 1.90. The molecule has 1 aromatic carbocycles. The summed E-state index contributed by atoms with van der Waals surface area (Å²) in [6, 6.07) is 9.70. The van der Waals surface area contributed by atoms with Crippen LogP contribution in [0.4, 0.5) is 0 Å². The van der Waals surface area contributed by atoms with Gasteiger partial charge in [-0.3, -0.25) is 4.98 Å². The summed E-state index contributed by atoms with van der Waals surface area (Å²) in [6.45, 7) is 1.38. The Morgan fingerprint density at radius 3 is 2.80 bits per heavy atom. The lowest BCUT2D eigenvalue weighted by Gasteiger charge is -2.11. The van der Waals surface area contributed by atoms with Crippen LogP contribution < -0.4 is 4.72 Å². The number of hydrogen-bond acceptors (Lipinski definition) is 4. The van der Waals surface area contributed by atoms with E-state index in [2.05, 4.69) is 9.71 Å². The van der Waals surface area contributed by atoms with Gasteiger partial charge >= 0.3 is 0 Å². The van der Waals surface area contributed by atoms with E-state index in [0.29, 0.717) is 13.0 Å². The molecule has 2 aromatic rings. The van der Waals surface area contributed by atoms with Gasteiger partial charge in [-0.25, -0.2) is 13.1 Å². The van der Waals surface area contributed by atoms with Crippen molar-refractivity contribution in [2.45, 2.75) is 18.6 Å². The van der Waals surface area contributed by atoms with Crippen LogP contribution in [0.2, 0.25) is 0 Å². The number of benzene rings is 1. The van der Waals surface area contributed by atoms with Crippen LogP contribution in [0, 0.1) is 0 Å². The van der Waals surface area contributed by atoms with E-state index in [4.69, 9.17) is 5.11 Å². The van der Waals surface area contributed by atoms with Gasteiger partial charge in [0.15, 0.2) is 0 Å². The van der Waals surface area contributed by atoms with Crippen molar-refractivity contribution in [3.63, 3.8) is 0 Å². The molecule has 0 spiro atoms. The minimum atomic E-state index is -3.45. The lowest BCUT2D eigenvalue weighted by atomic mass is 10.1. The second-order valence-corrected chi connectivity index (χ2v) is 6.86. The largest absolute Gasteiger partial charge is 0.395 e. The molecule has 108 valence electrons. The first-order valence-corrected chi connectivity index (χ1v) is 8.01. The molecule has 1 aromatic heterocycles. The minimum Gasteiger partial charge on any atom is -0.395 e. The molecule has 0 amide bonds. The quantitative estimate of drug-likeness (QED) is 0.835. The van der Waals surface area contributed by atoms with Crippen LogP contribution in [0.15, 0.2) is 36.5 Å². The number of sulfonamides is 1. The van der Waals surface area contributed by atoms with Crippen molar-refractivity contribution in [1.29, 1.82) is 0 Å². The average molecular weight is 294 g/mol. The Labute approximate surface area is 118 Å². The Morgan fingerprint density at radius 1 is 1.30 bits per heavy atom. The van der Waals surface area contributed by atoms with Crippen molar-refractivity contribution >= 4 is 20.9 Å². The molecule has 1 atom stereocenters. The Morgan fingerprint density at radius 2 is 2.05 bits per heavy atom. The average Bonchev–Trinajstić information content (AvgIpc) is 2.46. The van der Waals surface area contributed by atoms with Crippen molar-refractivity contribution in [2.75, 3.05) is 13.2 Å². The Bertz CT molecular complexity index is 680. The van der Waals surface area contributed by atoms with Gasteiger partial charge in [-0.2, -0.15) is 0 Å². The standard InChI is InChI=1S/C14H18N2O3S/c1-11(10-17)20(18,19)16-9-7-13-5-2-4-12-6-3-8-15-14(12)13/h2-6,8,11,16-17H,7,9-10H2,1H3. The number of aromatic nitrogens is 1. The lowest BCUT2D eigenvalue weighted by molar-refractivity contribution is 0.295. The van der Waals surface area contributed by atoms with E-state index >= 15 is 0 Å². The fraction of sp³-hybridized carbons (Fsp3) is 0.357. The smallest absolute Gasteiger partial charge is 0.216 e. The number of aliphatic hydroxyl groups excluding tert-OH is 1. The summed E-state index contributed by atoms with van der Waals surface area (Å²) in [7, 11) is -3.45. The zero-order valence-corrected chi connectivity index (χ0v) is 12.1. The second-order valence-electron chi connectivity index (χ2n) is 4.67. The minimum absolute atomic E-state index is 0.294. The summed E-state index contributed by atoms with van der Waals surface area (Å²) >= 11 is 0. The molecule has 2 N–H and O–H groups in total. The molecular formula is C14H18N2O3S. The molecule has 0 aliphatic carbocycles. The van der Waals surface area contributed by atoms with E-state index in [1.54, 1.807) is 6.20 Å². The van der Waals surface area contributed by atoms with Crippen molar-refractivity contribution in [2.24, 2.45) is 0 Å². The van der Waals surface area contributed by atoms with Gasteiger partial charge in [0.05, 0.1) is 17.4 Å². The number of nitrogens with zero attached hydrogens (tertiary/aromatic N) is 1. The van der Waals surface area contributed by atoms with Crippen LogP contribution in [-0.2, 0) is 16.4 Å². The maximum absolute atomic E-state index is 11.7. The third kappa shape index (κ3) is 3.33. The number of aliphatic hydroxyl groups is 1. The monoisotopic (exact) mass is 294 g/mol. The number of fused-ring (bicyclic) bond motifs is 1. The summed E-state index contributed by atoms with van der Waals surface area (Å²) in [5, 5.41) is 9.14. The van der Waals surface area contributed by atoms with Gasteiger partial charge in [-0.15, -0.1) is 0 Å². The third-order valence-electron chi connectivity index (χ3n) is 3.20. The van der Waals surface area contributed by atoms with Crippen LogP contribution in [0.5, 0.6) is 0 Å². The number of nitrogens with one attached hydrogen (secondary N) is 1. The van der Waals surface area contributed by atoms with E-state index in [1.165, 1.54) is 6.92 Å². The predicted molar refractivity (Wildman–Crippen MR) is 78.9 cm³/mol. The Balaban J connectivity index is 2.07. The van der Waals surface area contributed by atoms with E-state index in [-0.39, 0.29) is 6.61 Å². The predicted octanol–water partition coefficient (Wildman–Crippen LogP) is 1.08. The van der Waals surface area contributed by atoms with Crippen LogP contribution >= 0.6 is 0 Å². The van der Waals surface area contributed by atoms with E-state index < -0.39 is 15.3 Å². The molecule has 2 rings (SSSR count). The topological polar surface area (TPSA) is 79.3 Å². The maximum atomic E-state index is 11.7. The molecular weight excluding hydrogens is 276 g/mol. The van der Waals surface area contributed by atoms with E-state index in [1.807, 2.05) is 30.3 Å². The van der Waals surface area contributed by atoms with Crippen molar-refractivity contribution in [1.82, 2.24) is 9.71 Å². The molecule has 1 unspecified atom stereocenters. The number of hydrogen-bond donors (Lipinski definition) is 2. The van der Waals surface area contributed by atoms with E-state index in [9.17, 15) is 8.42 Å². The van der Waals surface area contributed by atoms with Gasteiger partial charge in [0.2, 0.25) is 10.0 Å². The Kier molecular flexibility index (Phi) is 4.69. The summed E-state index contributed by atoms with van der Waals surface area (Å²) < 4.78 is 26.0. The molecule has 0 fully saturated rings. The normalized spacial score (nSPS) is 13.5. The highest BCUT2D eigenvalue weighted by Gasteiger charge is 2.18. The number of pyridine rings is 1. The molecule has 6 heteroatoms. The molecule has 0 saturated heterocycles. The molecule has 5 nitrogen and oxygen atoms in total. The van der Waals surface area contributed by atoms with Gasteiger partial charge in [0.25, 0.3) is 0 Å². The maximum Gasteiger partial charge on any atom is 0.216 e. The molecule has 0 aliphatic heterocycles.